The molecule has 1 N–H and O–H groups in total. The molecule has 0 atom stereocenters. The molecule has 0 aromatic carbocycles. The third-order valence-corrected chi connectivity index (χ3v) is 3.27. The van der Waals surface area contributed by atoms with Crippen LogP contribution in [0, 0.1) is 0 Å². The van der Waals surface area contributed by atoms with Gasteiger partial charge in [-0.2, -0.15) is 0 Å². The van der Waals surface area contributed by atoms with Gasteiger partial charge in [-0.05, 0) is 11.6 Å². The van der Waals surface area contributed by atoms with E-state index in [1.807, 2.05) is 24.1 Å². The van der Waals surface area contributed by atoms with Crippen LogP contribution in [0.4, 0.5) is 5.13 Å². The third kappa shape index (κ3) is 2.79. The maximum atomic E-state index is 10.7. The Bertz CT molecular complexity index is 512. The number of carboxylic acid groups (broad SMARTS) is 1. The van der Waals surface area contributed by atoms with Gasteiger partial charge in [-0.3, -0.25) is 4.98 Å². The molecule has 0 aliphatic carbocycles. The first-order valence-corrected chi connectivity index (χ1v) is 5.77. The van der Waals surface area contributed by atoms with Crippen molar-refractivity contribution >= 4 is 22.4 Å². The van der Waals surface area contributed by atoms with Gasteiger partial charge in [0.05, 0.1) is 6.20 Å². The van der Waals surface area contributed by atoms with Crippen LogP contribution < -0.4 is 4.90 Å². The van der Waals surface area contributed by atoms with E-state index in [-0.39, 0.29) is 4.88 Å². The highest BCUT2D eigenvalue weighted by molar-refractivity contribution is 7.17. The van der Waals surface area contributed by atoms with Crippen molar-refractivity contribution in [1.82, 2.24) is 9.97 Å². The number of hydrogen-bond donors (Lipinski definition) is 1. The van der Waals surface area contributed by atoms with Crippen molar-refractivity contribution in [2.24, 2.45) is 0 Å². The number of nitrogens with zero attached hydrogens (tertiary/aromatic N) is 3. The number of rotatable bonds is 4. The molecule has 17 heavy (non-hydrogen) atoms. The normalized spacial score (nSPS) is 10.2. The Labute approximate surface area is 102 Å². The average Bonchev–Trinajstić information content (AvgIpc) is 2.79. The topological polar surface area (TPSA) is 66.3 Å². The van der Waals surface area contributed by atoms with E-state index in [9.17, 15) is 4.79 Å². The van der Waals surface area contributed by atoms with Crippen molar-refractivity contribution in [3.8, 4) is 0 Å². The molecule has 6 heteroatoms. The zero-order valence-electron chi connectivity index (χ0n) is 9.20. The number of carboxylic acids is 1. The van der Waals surface area contributed by atoms with Crippen molar-refractivity contribution in [2.75, 3.05) is 11.9 Å². The summed E-state index contributed by atoms with van der Waals surface area (Å²) in [5.41, 5.74) is 1.06. The summed E-state index contributed by atoms with van der Waals surface area (Å²) in [5, 5.41) is 9.50. The van der Waals surface area contributed by atoms with Gasteiger partial charge < -0.3 is 10.0 Å². The first-order valence-electron chi connectivity index (χ1n) is 4.96. The largest absolute Gasteiger partial charge is 0.477 e. The molecule has 0 amide bonds. The van der Waals surface area contributed by atoms with E-state index >= 15 is 0 Å². The molecule has 0 saturated carbocycles. The highest BCUT2D eigenvalue weighted by atomic mass is 32.1. The lowest BCUT2D eigenvalue weighted by atomic mass is 10.3. The number of aromatic nitrogens is 2. The van der Waals surface area contributed by atoms with Gasteiger partial charge in [-0.1, -0.05) is 17.4 Å². The van der Waals surface area contributed by atoms with Gasteiger partial charge >= 0.3 is 5.97 Å². The number of thiazole rings is 1. The van der Waals surface area contributed by atoms with Crippen LogP contribution in [0.1, 0.15) is 15.2 Å². The van der Waals surface area contributed by atoms with Crippen LogP contribution in [0.15, 0.2) is 30.7 Å². The predicted molar refractivity (Wildman–Crippen MR) is 65.4 cm³/mol. The van der Waals surface area contributed by atoms with Gasteiger partial charge in [0.2, 0.25) is 0 Å². The summed E-state index contributed by atoms with van der Waals surface area (Å²) in [6.45, 7) is 0.653. The van der Waals surface area contributed by atoms with Gasteiger partial charge in [-0.15, -0.1) is 0 Å². The fraction of sp³-hybridized carbons (Fsp3) is 0.182. The quantitative estimate of drug-likeness (QED) is 0.896. The molecule has 0 spiro atoms. The van der Waals surface area contributed by atoms with E-state index in [0.29, 0.717) is 11.7 Å². The summed E-state index contributed by atoms with van der Waals surface area (Å²) in [7, 11) is 1.87. The van der Waals surface area contributed by atoms with E-state index in [2.05, 4.69) is 9.97 Å². The second-order valence-corrected chi connectivity index (χ2v) is 4.54. The zero-order valence-corrected chi connectivity index (χ0v) is 10.0. The summed E-state index contributed by atoms with van der Waals surface area (Å²) in [6, 6.07) is 3.84. The lowest BCUT2D eigenvalue weighted by molar-refractivity contribution is 0.0702. The van der Waals surface area contributed by atoms with Gasteiger partial charge in [0, 0.05) is 26.0 Å². The zero-order chi connectivity index (χ0) is 12.3. The molecule has 2 aromatic heterocycles. The lowest BCUT2D eigenvalue weighted by Crippen LogP contribution is -2.15. The van der Waals surface area contributed by atoms with E-state index in [4.69, 9.17) is 5.11 Å². The predicted octanol–water partition coefficient (Wildman–Crippen LogP) is 1.87. The van der Waals surface area contributed by atoms with Crippen LogP contribution in [0.25, 0.3) is 0 Å². The fourth-order valence-electron chi connectivity index (χ4n) is 1.37. The van der Waals surface area contributed by atoms with E-state index in [1.54, 1.807) is 12.4 Å². The highest BCUT2D eigenvalue weighted by Gasteiger charge is 2.11. The Morgan fingerprint density at radius 2 is 2.35 bits per heavy atom. The van der Waals surface area contributed by atoms with E-state index < -0.39 is 5.97 Å². The van der Waals surface area contributed by atoms with E-state index in [0.717, 1.165) is 16.9 Å². The maximum Gasteiger partial charge on any atom is 0.347 e. The van der Waals surface area contributed by atoms with Crippen molar-refractivity contribution in [1.29, 1.82) is 0 Å². The average molecular weight is 249 g/mol. The Morgan fingerprint density at radius 3 is 2.94 bits per heavy atom. The molecule has 88 valence electrons. The Morgan fingerprint density at radius 1 is 1.53 bits per heavy atom. The van der Waals surface area contributed by atoms with Crippen LogP contribution in [-0.2, 0) is 6.54 Å². The SMILES string of the molecule is CN(Cc1cccnc1)c1ncc(C(=O)O)s1. The van der Waals surface area contributed by atoms with Gasteiger partial charge in [-0.25, -0.2) is 9.78 Å². The molecule has 2 heterocycles. The van der Waals surface area contributed by atoms with Crippen LogP contribution in [-0.4, -0.2) is 28.1 Å². The Balaban J connectivity index is 2.09. The monoisotopic (exact) mass is 249 g/mol. The molecule has 0 unspecified atom stereocenters. The number of anilines is 1. The molecular formula is C11H11N3O2S. The molecule has 5 nitrogen and oxygen atoms in total. The van der Waals surface area contributed by atoms with Crippen LogP contribution in [0.2, 0.25) is 0 Å². The van der Waals surface area contributed by atoms with Gasteiger partial charge in [0.15, 0.2) is 5.13 Å². The Hall–Kier alpha value is -1.95. The molecule has 0 radical (unpaired) electrons. The standard InChI is InChI=1S/C11H11N3O2S/c1-14(7-8-3-2-4-12-5-8)11-13-6-9(17-11)10(15)16/h2-6H,7H2,1H3,(H,15,16). The fourth-order valence-corrected chi connectivity index (χ4v) is 2.09. The highest BCUT2D eigenvalue weighted by Crippen LogP contribution is 2.22. The second kappa shape index (κ2) is 4.92. The van der Waals surface area contributed by atoms with Crippen molar-refractivity contribution in [3.63, 3.8) is 0 Å². The number of carbonyl (C=O) groups is 1. The summed E-state index contributed by atoms with van der Waals surface area (Å²) in [4.78, 5) is 21.0. The molecular weight excluding hydrogens is 238 g/mol. The van der Waals surface area contributed by atoms with Crippen LogP contribution >= 0.6 is 11.3 Å². The summed E-state index contributed by atoms with van der Waals surface area (Å²) >= 11 is 1.16. The molecule has 0 bridgehead atoms. The molecule has 0 aliphatic rings. The lowest BCUT2D eigenvalue weighted by Gasteiger charge is -2.14. The first kappa shape index (κ1) is 11.5. The summed E-state index contributed by atoms with van der Waals surface area (Å²) < 4.78 is 0. The third-order valence-electron chi connectivity index (χ3n) is 2.17. The number of pyridine rings is 1. The van der Waals surface area contributed by atoms with Crippen LogP contribution in [0.3, 0.4) is 0 Å². The van der Waals surface area contributed by atoms with Crippen molar-refractivity contribution < 1.29 is 9.90 Å². The maximum absolute atomic E-state index is 10.7. The first-order chi connectivity index (χ1) is 8.16. The molecule has 2 rings (SSSR count). The van der Waals surface area contributed by atoms with Crippen molar-refractivity contribution in [3.05, 3.63) is 41.2 Å². The summed E-state index contributed by atoms with van der Waals surface area (Å²) in [5.74, 6) is -0.941. The van der Waals surface area contributed by atoms with Crippen molar-refractivity contribution in [2.45, 2.75) is 6.54 Å². The van der Waals surface area contributed by atoms with Gasteiger partial charge in [0.1, 0.15) is 4.88 Å². The smallest absolute Gasteiger partial charge is 0.347 e. The molecule has 0 saturated heterocycles. The van der Waals surface area contributed by atoms with E-state index in [1.165, 1.54) is 6.20 Å². The number of hydrogen-bond acceptors (Lipinski definition) is 5. The minimum Gasteiger partial charge on any atom is -0.477 e. The second-order valence-electron chi connectivity index (χ2n) is 3.53. The summed E-state index contributed by atoms with van der Waals surface area (Å²) in [6.07, 6.45) is 4.87. The van der Waals surface area contributed by atoms with Crippen LogP contribution in [0.5, 0.6) is 0 Å². The minimum atomic E-state index is -0.941. The van der Waals surface area contributed by atoms with Gasteiger partial charge in [0.25, 0.3) is 0 Å². The molecule has 0 aliphatic heterocycles. The Kier molecular flexibility index (Phi) is 3.34. The number of aromatic carboxylic acids is 1. The minimum absolute atomic E-state index is 0.248. The molecule has 2 aromatic rings. The molecule has 0 fully saturated rings.